The number of anilines is 1. The molecule has 2 unspecified atom stereocenters. The van der Waals surface area contributed by atoms with Crippen LogP contribution in [0.3, 0.4) is 0 Å². The van der Waals surface area contributed by atoms with Crippen LogP contribution in [0.15, 0.2) is 59.8 Å². The van der Waals surface area contributed by atoms with E-state index in [0.717, 1.165) is 65.5 Å². The number of ether oxygens (including phenoxy) is 2. The van der Waals surface area contributed by atoms with E-state index in [0.29, 0.717) is 48.6 Å². The first kappa shape index (κ1) is 40.1. The van der Waals surface area contributed by atoms with Crippen LogP contribution in [0.25, 0.3) is 21.9 Å². The van der Waals surface area contributed by atoms with Crippen molar-refractivity contribution < 1.29 is 33.4 Å². The third-order valence-corrected chi connectivity index (χ3v) is 11.4. The number of methoxy groups -OCH3 is 2. The molecule has 3 aliphatic rings. The molecule has 4 aromatic rings. The van der Waals surface area contributed by atoms with E-state index in [9.17, 15) is 28.8 Å². The Morgan fingerprint density at radius 1 is 0.931 bits per heavy atom. The smallest absolute Gasteiger partial charge is 0.264 e. The van der Waals surface area contributed by atoms with Crippen LogP contribution in [-0.4, -0.2) is 89.9 Å². The number of aryl methyl sites for hydroxylation is 1. The lowest BCUT2D eigenvalue weighted by Gasteiger charge is -2.29. The van der Waals surface area contributed by atoms with E-state index in [-0.39, 0.29) is 47.4 Å². The maximum absolute atomic E-state index is 13.4. The van der Waals surface area contributed by atoms with Crippen molar-refractivity contribution in [2.45, 2.75) is 69.9 Å². The number of carbonyl (C=O) groups is 5. The number of amides is 5. The highest BCUT2D eigenvalue weighted by molar-refractivity contribution is 6.25. The van der Waals surface area contributed by atoms with E-state index in [1.165, 1.54) is 0 Å². The number of unbranched alkanes of at least 4 members (excludes halogenated alkanes) is 4. The predicted molar refractivity (Wildman–Crippen MR) is 217 cm³/mol. The largest absolute Gasteiger partial charge is 0.496 e. The summed E-state index contributed by atoms with van der Waals surface area (Å²) in [6.45, 7) is 1.91. The van der Waals surface area contributed by atoms with Gasteiger partial charge in [-0.2, -0.15) is 0 Å². The molecule has 7 rings (SSSR count). The van der Waals surface area contributed by atoms with Gasteiger partial charge in [0.2, 0.25) is 17.7 Å². The second-order valence-corrected chi connectivity index (χ2v) is 15.2. The van der Waals surface area contributed by atoms with Crippen LogP contribution < -0.4 is 36.3 Å². The first-order valence-electron chi connectivity index (χ1n) is 19.9. The lowest BCUT2D eigenvalue weighted by Crippen LogP contribution is -2.54. The van der Waals surface area contributed by atoms with Crippen LogP contribution in [0.2, 0.25) is 0 Å². The third kappa shape index (κ3) is 8.17. The molecule has 2 aromatic heterocycles. The van der Waals surface area contributed by atoms with Gasteiger partial charge in [0.25, 0.3) is 17.4 Å². The van der Waals surface area contributed by atoms with E-state index in [1.54, 1.807) is 62.6 Å². The Balaban J connectivity index is 0.959. The zero-order chi connectivity index (χ0) is 40.9. The van der Waals surface area contributed by atoms with Crippen LogP contribution in [0.1, 0.15) is 77.6 Å². The molecule has 0 bridgehead atoms. The number of piperidine rings is 1. The molecule has 3 aliphatic heterocycles. The van der Waals surface area contributed by atoms with Crippen molar-refractivity contribution in [3.8, 4) is 22.6 Å². The first-order valence-corrected chi connectivity index (χ1v) is 19.9. The average molecular weight is 792 g/mol. The lowest BCUT2D eigenvalue weighted by atomic mass is 9.94. The maximum Gasteiger partial charge on any atom is 0.264 e. The lowest BCUT2D eigenvalue weighted by molar-refractivity contribution is -0.136. The number of aromatic nitrogens is 2. The fraction of sp³-hybridized carbons (Fsp3) is 0.419. The molecule has 0 saturated carbocycles. The first-order chi connectivity index (χ1) is 28.1. The van der Waals surface area contributed by atoms with Gasteiger partial charge in [0.05, 0.1) is 36.7 Å². The Kier molecular flexibility index (Phi) is 12.2. The van der Waals surface area contributed by atoms with Crippen LogP contribution in [0.5, 0.6) is 11.5 Å². The van der Waals surface area contributed by atoms with Crippen LogP contribution >= 0.6 is 0 Å². The number of rotatable bonds is 17. The molecule has 5 amide bonds. The summed E-state index contributed by atoms with van der Waals surface area (Å²) < 4.78 is 13.4. The van der Waals surface area contributed by atoms with E-state index in [2.05, 4.69) is 26.3 Å². The van der Waals surface area contributed by atoms with Crippen molar-refractivity contribution in [1.29, 1.82) is 0 Å². The molecular weight excluding hydrogens is 743 g/mol. The minimum absolute atomic E-state index is 0.0301. The summed E-state index contributed by atoms with van der Waals surface area (Å²) in [5, 5.41) is 13.3. The Labute approximate surface area is 335 Å². The van der Waals surface area contributed by atoms with Gasteiger partial charge in [0.1, 0.15) is 17.5 Å². The molecule has 2 aromatic carbocycles. The van der Waals surface area contributed by atoms with Gasteiger partial charge in [-0.3, -0.25) is 44.0 Å². The van der Waals surface area contributed by atoms with Gasteiger partial charge in [0, 0.05) is 74.5 Å². The van der Waals surface area contributed by atoms with E-state index < -0.39 is 29.7 Å². The van der Waals surface area contributed by atoms with Gasteiger partial charge in [-0.05, 0) is 67.0 Å². The highest BCUT2D eigenvalue weighted by atomic mass is 16.5. The number of nitrogens with one attached hydrogen (secondary N) is 4. The number of benzene rings is 2. The fourth-order valence-corrected chi connectivity index (χ4v) is 8.08. The van der Waals surface area contributed by atoms with E-state index in [1.807, 2.05) is 18.2 Å². The molecule has 58 heavy (non-hydrogen) atoms. The number of nitrogens with zero attached hydrogens (tertiary/aromatic N) is 3. The van der Waals surface area contributed by atoms with Crippen molar-refractivity contribution in [2.75, 3.05) is 39.2 Å². The number of carbonyl (C=O) groups excluding carboxylic acids is 5. The topological polar surface area (TPSA) is 190 Å². The Morgan fingerprint density at radius 3 is 2.38 bits per heavy atom. The SMILES string of the molecule is COc1cc(-c2cn(C)c(=O)c3cnccc23)cc(OC)c1CC(CCCCCCCNc1cccc2c1C(=O)N(C1CCC(=O)NC1=O)C2=O)NC(=O)C1CNC1. The molecule has 2 fully saturated rings. The minimum Gasteiger partial charge on any atom is -0.496 e. The summed E-state index contributed by atoms with van der Waals surface area (Å²) in [6.07, 6.45) is 11.1. The van der Waals surface area contributed by atoms with Crippen molar-refractivity contribution in [1.82, 2.24) is 30.4 Å². The zero-order valence-electron chi connectivity index (χ0n) is 33.0. The van der Waals surface area contributed by atoms with Crippen molar-refractivity contribution in [2.24, 2.45) is 13.0 Å². The molecule has 0 spiro atoms. The molecule has 5 heterocycles. The van der Waals surface area contributed by atoms with Gasteiger partial charge in [-0.1, -0.05) is 31.7 Å². The van der Waals surface area contributed by atoms with Crippen molar-refractivity contribution in [3.05, 3.63) is 82.0 Å². The molecule has 2 saturated heterocycles. The van der Waals surface area contributed by atoms with Gasteiger partial charge >= 0.3 is 0 Å². The summed E-state index contributed by atoms with van der Waals surface area (Å²) in [7, 11) is 4.95. The summed E-state index contributed by atoms with van der Waals surface area (Å²) in [5.41, 5.74) is 3.43. The molecule has 304 valence electrons. The highest BCUT2D eigenvalue weighted by Crippen LogP contribution is 2.38. The second kappa shape index (κ2) is 17.6. The summed E-state index contributed by atoms with van der Waals surface area (Å²) in [5.74, 6) is -0.888. The van der Waals surface area contributed by atoms with Gasteiger partial charge in [-0.15, -0.1) is 0 Å². The Hall–Kier alpha value is -6.09. The molecule has 15 nitrogen and oxygen atoms in total. The van der Waals surface area contributed by atoms with Gasteiger partial charge in [0.15, 0.2) is 0 Å². The standard InChI is InChI=1S/C43H49N7O8/c1-49-24-32(28-15-17-44-23-31(28)41(49)54)25-18-35(57-2)30(36(19-25)58-3)20-27(47-39(52)26-21-45-22-26)10-7-5-4-6-8-16-46-33-12-9-11-29-38(33)43(56)50(42(29)55)34-13-14-37(51)48-40(34)53/h9,11-12,15,17-19,23-24,26-27,34,45-46H,4-8,10,13-14,16,20-22H2,1-3H3,(H,47,52)(H,48,51,53). The monoisotopic (exact) mass is 791 g/mol. The van der Waals surface area contributed by atoms with Crippen molar-refractivity contribution >= 4 is 46.0 Å². The molecule has 0 radical (unpaired) electrons. The summed E-state index contributed by atoms with van der Waals surface area (Å²) in [6, 6.07) is 9.62. The van der Waals surface area contributed by atoms with Crippen LogP contribution in [0.4, 0.5) is 5.69 Å². The minimum atomic E-state index is -1.01. The molecule has 0 aliphatic carbocycles. The number of pyridine rings is 2. The third-order valence-electron chi connectivity index (χ3n) is 11.4. The zero-order valence-corrected chi connectivity index (χ0v) is 33.0. The average Bonchev–Trinajstić information content (AvgIpc) is 3.45. The predicted octanol–water partition coefficient (Wildman–Crippen LogP) is 3.72. The maximum atomic E-state index is 13.4. The summed E-state index contributed by atoms with van der Waals surface area (Å²) >= 11 is 0. The van der Waals surface area contributed by atoms with Crippen LogP contribution in [-0.2, 0) is 27.9 Å². The number of fused-ring (bicyclic) bond motifs is 2. The molecule has 15 heteroatoms. The second-order valence-electron chi connectivity index (χ2n) is 15.2. The Bertz CT molecular complexity index is 2290. The van der Waals surface area contributed by atoms with Gasteiger partial charge < -0.3 is 30.0 Å². The van der Waals surface area contributed by atoms with Crippen molar-refractivity contribution in [3.63, 3.8) is 0 Å². The number of hydrogen-bond donors (Lipinski definition) is 4. The molecular formula is C43H49N7O8. The quantitative estimate of drug-likeness (QED) is 0.0901. The molecule has 4 N–H and O–H groups in total. The van der Waals surface area contributed by atoms with Gasteiger partial charge in [-0.25, -0.2) is 0 Å². The number of imide groups is 2. The Morgan fingerprint density at radius 2 is 1.67 bits per heavy atom. The molecule has 2 atom stereocenters. The number of hydrogen-bond acceptors (Lipinski definition) is 11. The van der Waals surface area contributed by atoms with Crippen LogP contribution in [0, 0.1) is 5.92 Å². The fourth-order valence-electron chi connectivity index (χ4n) is 8.08. The van der Waals surface area contributed by atoms with E-state index >= 15 is 0 Å². The summed E-state index contributed by atoms with van der Waals surface area (Å²) in [4.78, 5) is 81.9. The normalized spacial score (nSPS) is 17.2. The van der Waals surface area contributed by atoms with E-state index in [4.69, 9.17) is 9.47 Å². The highest BCUT2D eigenvalue weighted by Gasteiger charge is 2.45.